The van der Waals surface area contributed by atoms with Gasteiger partial charge in [0, 0.05) is 5.56 Å². The van der Waals surface area contributed by atoms with Crippen molar-refractivity contribution in [1.82, 2.24) is 5.48 Å². The number of fused-ring (bicyclic) bond motifs is 1. The lowest BCUT2D eigenvalue weighted by Crippen LogP contribution is -2.33. The van der Waals surface area contributed by atoms with E-state index in [1.54, 1.807) is 0 Å². The van der Waals surface area contributed by atoms with Crippen LogP contribution in [-0.4, -0.2) is 19.1 Å². The molecule has 0 saturated carbocycles. The van der Waals surface area contributed by atoms with Gasteiger partial charge >= 0.3 is 0 Å². The Kier molecular flexibility index (Phi) is 4.20. The van der Waals surface area contributed by atoms with E-state index in [-0.39, 0.29) is 11.8 Å². The summed E-state index contributed by atoms with van der Waals surface area (Å²) in [6.07, 6.45) is 0.688. The van der Waals surface area contributed by atoms with Gasteiger partial charge in [-0.25, -0.2) is 5.48 Å². The lowest BCUT2D eigenvalue weighted by atomic mass is 9.93. The van der Waals surface area contributed by atoms with Crippen molar-refractivity contribution in [2.75, 3.05) is 13.2 Å². The van der Waals surface area contributed by atoms with E-state index in [1.807, 2.05) is 38.1 Å². The van der Waals surface area contributed by atoms with Gasteiger partial charge in [0.15, 0.2) is 0 Å². The molecule has 98 valence electrons. The SMILES string of the molecule is CC(C)CONC(=O)C1CCOc2ccccc21. The van der Waals surface area contributed by atoms with E-state index < -0.39 is 0 Å². The highest BCUT2D eigenvalue weighted by molar-refractivity contribution is 5.83. The van der Waals surface area contributed by atoms with Crippen LogP contribution in [0.5, 0.6) is 5.75 Å². The van der Waals surface area contributed by atoms with Gasteiger partial charge in [0.2, 0.25) is 0 Å². The maximum Gasteiger partial charge on any atom is 0.251 e. The fourth-order valence-corrected chi connectivity index (χ4v) is 1.97. The molecule has 1 atom stereocenters. The van der Waals surface area contributed by atoms with Gasteiger partial charge in [0.1, 0.15) is 5.75 Å². The third kappa shape index (κ3) is 3.01. The number of amides is 1. The van der Waals surface area contributed by atoms with Crippen LogP contribution in [0.25, 0.3) is 0 Å². The molecule has 1 aliphatic heterocycles. The van der Waals surface area contributed by atoms with Crippen LogP contribution in [0.4, 0.5) is 0 Å². The van der Waals surface area contributed by atoms with Gasteiger partial charge in [-0.15, -0.1) is 0 Å². The topological polar surface area (TPSA) is 47.6 Å². The second-order valence-corrected chi connectivity index (χ2v) is 4.90. The van der Waals surface area contributed by atoms with Crippen molar-refractivity contribution in [2.24, 2.45) is 5.92 Å². The summed E-state index contributed by atoms with van der Waals surface area (Å²) < 4.78 is 5.53. The number of carbonyl (C=O) groups is 1. The van der Waals surface area contributed by atoms with E-state index in [2.05, 4.69) is 5.48 Å². The van der Waals surface area contributed by atoms with E-state index in [0.717, 1.165) is 11.3 Å². The zero-order valence-electron chi connectivity index (χ0n) is 10.8. The van der Waals surface area contributed by atoms with E-state index in [0.29, 0.717) is 25.6 Å². The monoisotopic (exact) mass is 249 g/mol. The Balaban J connectivity index is 1.99. The smallest absolute Gasteiger partial charge is 0.251 e. The number of ether oxygens (including phenoxy) is 1. The molecule has 1 aromatic carbocycles. The second kappa shape index (κ2) is 5.87. The highest BCUT2D eigenvalue weighted by atomic mass is 16.7. The van der Waals surface area contributed by atoms with Gasteiger partial charge in [-0.05, 0) is 18.4 Å². The van der Waals surface area contributed by atoms with Crippen molar-refractivity contribution in [3.8, 4) is 5.75 Å². The normalized spacial score (nSPS) is 18.1. The molecule has 0 aromatic heterocycles. The highest BCUT2D eigenvalue weighted by Crippen LogP contribution is 2.33. The Morgan fingerprint density at radius 3 is 3.06 bits per heavy atom. The minimum atomic E-state index is -0.179. The summed E-state index contributed by atoms with van der Waals surface area (Å²) in [4.78, 5) is 17.2. The number of hydrogen-bond acceptors (Lipinski definition) is 3. The standard InChI is InChI=1S/C14H19NO3/c1-10(2)9-18-15-14(16)12-7-8-17-13-6-4-3-5-11(12)13/h3-6,10,12H,7-9H2,1-2H3,(H,15,16). The maximum atomic E-state index is 12.1. The zero-order chi connectivity index (χ0) is 13.0. The number of nitrogens with one attached hydrogen (secondary N) is 1. The quantitative estimate of drug-likeness (QED) is 0.833. The van der Waals surface area contributed by atoms with Gasteiger partial charge < -0.3 is 4.74 Å². The first kappa shape index (κ1) is 12.9. The van der Waals surface area contributed by atoms with Crippen LogP contribution in [0.15, 0.2) is 24.3 Å². The molecule has 0 saturated heterocycles. The molecule has 4 heteroatoms. The van der Waals surface area contributed by atoms with Crippen LogP contribution in [0.1, 0.15) is 31.7 Å². The maximum absolute atomic E-state index is 12.1. The second-order valence-electron chi connectivity index (χ2n) is 4.90. The lowest BCUT2D eigenvalue weighted by molar-refractivity contribution is -0.136. The van der Waals surface area contributed by atoms with Crippen molar-refractivity contribution in [3.05, 3.63) is 29.8 Å². The minimum Gasteiger partial charge on any atom is -0.493 e. The molecular weight excluding hydrogens is 230 g/mol. The number of hydroxylamine groups is 1. The van der Waals surface area contributed by atoms with Gasteiger partial charge in [0.05, 0.1) is 19.1 Å². The predicted molar refractivity (Wildman–Crippen MR) is 68.2 cm³/mol. The number of hydrogen-bond donors (Lipinski definition) is 1. The minimum absolute atomic E-state index is 0.0913. The summed E-state index contributed by atoms with van der Waals surface area (Å²) in [6, 6.07) is 7.65. The Labute approximate surface area is 107 Å². The first-order chi connectivity index (χ1) is 8.68. The largest absolute Gasteiger partial charge is 0.493 e. The molecule has 4 nitrogen and oxygen atoms in total. The molecule has 0 radical (unpaired) electrons. The summed E-state index contributed by atoms with van der Waals surface area (Å²) in [5, 5.41) is 0. The van der Waals surface area contributed by atoms with E-state index in [9.17, 15) is 4.79 Å². The van der Waals surface area contributed by atoms with E-state index in [1.165, 1.54) is 0 Å². The van der Waals surface area contributed by atoms with Crippen LogP contribution < -0.4 is 10.2 Å². The molecule has 0 spiro atoms. The molecule has 2 rings (SSSR count). The van der Waals surface area contributed by atoms with Crippen molar-refractivity contribution in [3.63, 3.8) is 0 Å². The predicted octanol–water partition coefficient (Wildman–Crippen LogP) is 2.26. The fourth-order valence-electron chi connectivity index (χ4n) is 1.97. The van der Waals surface area contributed by atoms with E-state index in [4.69, 9.17) is 9.57 Å². The number of rotatable bonds is 4. The molecule has 0 aliphatic carbocycles. The molecular formula is C14H19NO3. The molecule has 1 aromatic rings. The molecule has 1 heterocycles. The molecule has 1 unspecified atom stereocenters. The van der Waals surface area contributed by atoms with Crippen LogP contribution >= 0.6 is 0 Å². The Hall–Kier alpha value is -1.55. The third-order valence-electron chi connectivity index (χ3n) is 2.86. The Bertz CT molecular complexity index is 417. The average molecular weight is 249 g/mol. The van der Waals surface area contributed by atoms with Crippen molar-refractivity contribution < 1.29 is 14.4 Å². The van der Waals surface area contributed by atoms with E-state index >= 15 is 0 Å². The number of para-hydroxylation sites is 1. The molecule has 1 aliphatic rings. The van der Waals surface area contributed by atoms with Gasteiger partial charge in [-0.1, -0.05) is 32.0 Å². The van der Waals surface area contributed by atoms with Crippen LogP contribution in [-0.2, 0) is 9.63 Å². The molecule has 0 bridgehead atoms. The van der Waals surface area contributed by atoms with Gasteiger partial charge in [-0.2, -0.15) is 0 Å². The first-order valence-corrected chi connectivity index (χ1v) is 6.32. The first-order valence-electron chi connectivity index (χ1n) is 6.32. The van der Waals surface area contributed by atoms with Crippen molar-refractivity contribution in [2.45, 2.75) is 26.2 Å². The summed E-state index contributed by atoms with van der Waals surface area (Å²) in [7, 11) is 0. The van der Waals surface area contributed by atoms with Crippen LogP contribution in [0, 0.1) is 5.92 Å². The summed E-state index contributed by atoms with van der Waals surface area (Å²) in [6.45, 7) is 5.17. The van der Waals surface area contributed by atoms with Gasteiger partial charge in [-0.3, -0.25) is 9.63 Å². The Morgan fingerprint density at radius 1 is 1.50 bits per heavy atom. The van der Waals surface area contributed by atoms with Crippen molar-refractivity contribution >= 4 is 5.91 Å². The van der Waals surface area contributed by atoms with Gasteiger partial charge in [0.25, 0.3) is 5.91 Å². The van der Waals surface area contributed by atoms with Crippen molar-refractivity contribution in [1.29, 1.82) is 0 Å². The lowest BCUT2D eigenvalue weighted by Gasteiger charge is -2.24. The zero-order valence-corrected chi connectivity index (χ0v) is 10.8. The fraction of sp³-hybridized carbons (Fsp3) is 0.500. The summed E-state index contributed by atoms with van der Waals surface area (Å²) in [5.74, 6) is 0.925. The number of carbonyl (C=O) groups excluding carboxylic acids is 1. The number of benzene rings is 1. The summed E-state index contributed by atoms with van der Waals surface area (Å²) >= 11 is 0. The van der Waals surface area contributed by atoms with Crippen LogP contribution in [0.3, 0.4) is 0 Å². The third-order valence-corrected chi connectivity index (χ3v) is 2.86. The average Bonchev–Trinajstić information content (AvgIpc) is 2.37. The molecule has 18 heavy (non-hydrogen) atoms. The van der Waals surface area contributed by atoms with Crippen LogP contribution in [0.2, 0.25) is 0 Å². The molecule has 1 amide bonds. The Morgan fingerprint density at radius 2 is 2.28 bits per heavy atom. The highest BCUT2D eigenvalue weighted by Gasteiger charge is 2.27. The molecule has 1 N–H and O–H groups in total. The summed E-state index contributed by atoms with van der Waals surface area (Å²) in [5.41, 5.74) is 3.47. The molecule has 0 fully saturated rings.